The fraction of sp³-hybridized carbons (Fsp3) is 0.600. The predicted octanol–water partition coefficient (Wildman–Crippen LogP) is 2.78. The van der Waals surface area contributed by atoms with Crippen molar-refractivity contribution in [1.82, 2.24) is 4.72 Å². The van der Waals surface area contributed by atoms with Crippen molar-refractivity contribution in [3.63, 3.8) is 0 Å². The van der Waals surface area contributed by atoms with Crippen LogP contribution in [0.4, 0.5) is 5.69 Å². The maximum absolute atomic E-state index is 12.7. The lowest BCUT2D eigenvalue weighted by Crippen LogP contribution is -2.39. The van der Waals surface area contributed by atoms with Crippen molar-refractivity contribution in [2.45, 2.75) is 55.7 Å². The number of rotatable bonds is 6. The second-order valence-electron chi connectivity index (χ2n) is 5.37. The number of thioether (sulfide) groups is 1. The molecule has 21 heavy (non-hydrogen) atoms. The molecule has 2 rings (SSSR count). The first kappa shape index (κ1) is 16.6. The number of sulfonamides is 1. The van der Waals surface area contributed by atoms with Gasteiger partial charge in [-0.15, -0.1) is 0 Å². The normalized spacial score (nSPS) is 22.6. The third kappa shape index (κ3) is 3.93. The van der Waals surface area contributed by atoms with Gasteiger partial charge in [-0.3, -0.25) is 0 Å². The fourth-order valence-corrected chi connectivity index (χ4v) is 5.79. The molecule has 0 saturated heterocycles. The van der Waals surface area contributed by atoms with Crippen LogP contribution in [-0.4, -0.2) is 25.5 Å². The lowest BCUT2D eigenvalue weighted by atomic mass is 10.1. The fourth-order valence-electron chi connectivity index (χ4n) is 2.85. The molecule has 0 aliphatic heterocycles. The Morgan fingerprint density at radius 1 is 1.33 bits per heavy atom. The largest absolute Gasteiger partial charge is 0.399 e. The van der Waals surface area contributed by atoms with Gasteiger partial charge in [0.05, 0.1) is 4.90 Å². The van der Waals surface area contributed by atoms with Crippen LogP contribution in [0.5, 0.6) is 0 Å². The van der Waals surface area contributed by atoms with Crippen LogP contribution >= 0.6 is 11.8 Å². The van der Waals surface area contributed by atoms with Crippen molar-refractivity contribution in [3.8, 4) is 0 Å². The molecular weight excluding hydrogens is 304 g/mol. The Labute approximate surface area is 131 Å². The van der Waals surface area contributed by atoms with Crippen molar-refractivity contribution >= 4 is 27.5 Å². The van der Waals surface area contributed by atoms with Crippen molar-refractivity contribution < 1.29 is 8.42 Å². The predicted molar refractivity (Wildman–Crippen MR) is 90.1 cm³/mol. The van der Waals surface area contributed by atoms with Gasteiger partial charge in [0.25, 0.3) is 0 Å². The quantitative estimate of drug-likeness (QED) is 0.788. The first-order valence-corrected chi connectivity index (χ1v) is 10.0. The summed E-state index contributed by atoms with van der Waals surface area (Å²) in [5, 5.41) is 0.385. The SMILES string of the molecule is CCSC1CCCC1NS(=O)(=O)c1cc(N)ccc1CC. The summed E-state index contributed by atoms with van der Waals surface area (Å²) in [6, 6.07) is 5.16. The molecule has 0 heterocycles. The maximum Gasteiger partial charge on any atom is 0.241 e. The minimum Gasteiger partial charge on any atom is -0.399 e. The summed E-state index contributed by atoms with van der Waals surface area (Å²) < 4.78 is 28.3. The summed E-state index contributed by atoms with van der Waals surface area (Å²) in [6.45, 7) is 4.07. The van der Waals surface area contributed by atoms with Crippen LogP contribution in [-0.2, 0) is 16.4 Å². The molecule has 1 fully saturated rings. The number of hydrogen-bond donors (Lipinski definition) is 2. The number of benzene rings is 1. The first-order valence-electron chi connectivity index (χ1n) is 7.50. The Morgan fingerprint density at radius 2 is 2.10 bits per heavy atom. The van der Waals surface area contributed by atoms with E-state index in [4.69, 9.17) is 5.73 Å². The van der Waals surface area contributed by atoms with Crippen molar-refractivity contribution in [1.29, 1.82) is 0 Å². The van der Waals surface area contributed by atoms with E-state index in [0.29, 0.717) is 22.3 Å². The van der Waals surface area contributed by atoms with Crippen LogP contribution < -0.4 is 10.5 Å². The van der Waals surface area contributed by atoms with Gasteiger partial charge in [0, 0.05) is 17.0 Å². The molecule has 1 aromatic rings. The summed E-state index contributed by atoms with van der Waals surface area (Å²) in [5.41, 5.74) is 7.06. The van der Waals surface area contributed by atoms with E-state index < -0.39 is 10.0 Å². The number of aryl methyl sites for hydroxylation is 1. The van der Waals surface area contributed by atoms with Gasteiger partial charge in [-0.25, -0.2) is 13.1 Å². The van der Waals surface area contributed by atoms with Gasteiger partial charge >= 0.3 is 0 Å². The number of hydrogen-bond acceptors (Lipinski definition) is 4. The Bertz CT molecular complexity index is 587. The molecule has 0 aromatic heterocycles. The summed E-state index contributed by atoms with van der Waals surface area (Å²) in [4.78, 5) is 0.331. The Morgan fingerprint density at radius 3 is 2.76 bits per heavy atom. The summed E-state index contributed by atoms with van der Waals surface area (Å²) in [5.74, 6) is 1.02. The topological polar surface area (TPSA) is 72.2 Å². The Kier molecular flexibility index (Phi) is 5.57. The Hall–Kier alpha value is -0.720. The monoisotopic (exact) mass is 328 g/mol. The van der Waals surface area contributed by atoms with E-state index in [2.05, 4.69) is 11.6 Å². The molecule has 1 aliphatic rings. The molecule has 1 aliphatic carbocycles. The summed E-state index contributed by atoms with van der Waals surface area (Å²) in [7, 11) is -3.50. The molecule has 0 bridgehead atoms. The van der Waals surface area contributed by atoms with E-state index in [9.17, 15) is 8.42 Å². The lowest BCUT2D eigenvalue weighted by Gasteiger charge is -2.21. The highest BCUT2D eigenvalue weighted by Crippen LogP contribution is 2.31. The number of anilines is 1. The van der Waals surface area contributed by atoms with Crippen LogP contribution in [0.1, 0.15) is 38.7 Å². The second kappa shape index (κ2) is 7.03. The first-order chi connectivity index (χ1) is 9.97. The molecule has 1 saturated carbocycles. The second-order valence-corrected chi connectivity index (χ2v) is 8.57. The third-order valence-corrected chi connectivity index (χ3v) is 6.80. The molecule has 118 valence electrons. The summed E-state index contributed by atoms with van der Waals surface area (Å²) >= 11 is 1.84. The number of nitrogens with two attached hydrogens (primary N) is 1. The minimum atomic E-state index is -3.50. The van der Waals surface area contributed by atoms with E-state index in [1.54, 1.807) is 18.2 Å². The van der Waals surface area contributed by atoms with Gasteiger partial charge < -0.3 is 5.73 Å². The molecule has 4 nitrogen and oxygen atoms in total. The molecule has 0 amide bonds. The highest BCUT2D eigenvalue weighted by atomic mass is 32.2. The van der Waals surface area contributed by atoms with Gasteiger partial charge in [-0.2, -0.15) is 11.8 Å². The molecule has 2 atom stereocenters. The van der Waals surface area contributed by atoms with Crippen molar-refractivity contribution in [3.05, 3.63) is 23.8 Å². The standard InChI is InChI=1S/C15H24N2O2S2/c1-3-11-8-9-12(16)10-15(11)21(18,19)17-13-6-5-7-14(13)20-4-2/h8-10,13-14,17H,3-7,16H2,1-2H3. The molecule has 1 aromatic carbocycles. The third-order valence-electron chi connectivity index (χ3n) is 3.90. The van der Waals surface area contributed by atoms with E-state index >= 15 is 0 Å². The number of nitrogen functional groups attached to an aromatic ring is 1. The van der Waals surface area contributed by atoms with Crippen molar-refractivity contribution in [2.75, 3.05) is 11.5 Å². The van der Waals surface area contributed by atoms with Gasteiger partial charge in [0.15, 0.2) is 0 Å². The molecule has 3 N–H and O–H groups in total. The molecule has 2 unspecified atom stereocenters. The van der Waals surface area contributed by atoms with Crippen LogP contribution in [0, 0.1) is 0 Å². The van der Waals surface area contributed by atoms with E-state index in [1.165, 1.54) is 0 Å². The van der Waals surface area contributed by atoms with Gasteiger partial charge in [-0.1, -0.05) is 26.3 Å². The van der Waals surface area contributed by atoms with E-state index in [0.717, 1.165) is 30.6 Å². The highest BCUT2D eigenvalue weighted by Gasteiger charge is 2.31. The van der Waals surface area contributed by atoms with E-state index in [1.807, 2.05) is 18.7 Å². The van der Waals surface area contributed by atoms with Crippen LogP contribution in [0.15, 0.2) is 23.1 Å². The van der Waals surface area contributed by atoms with E-state index in [-0.39, 0.29) is 6.04 Å². The lowest BCUT2D eigenvalue weighted by molar-refractivity contribution is 0.554. The highest BCUT2D eigenvalue weighted by molar-refractivity contribution is 8.00. The zero-order valence-electron chi connectivity index (χ0n) is 12.6. The number of nitrogens with one attached hydrogen (secondary N) is 1. The molecule has 0 radical (unpaired) electrons. The van der Waals surface area contributed by atoms with Gasteiger partial charge in [0.2, 0.25) is 10.0 Å². The minimum absolute atomic E-state index is 0.0334. The van der Waals surface area contributed by atoms with Crippen LogP contribution in [0.2, 0.25) is 0 Å². The molecule has 0 spiro atoms. The van der Waals surface area contributed by atoms with Crippen LogP contribution in [0.25, 0.3) is 0 Å². The average molecular weight is 329 g/mol. The van der Waals surface area contributed by atoms with Gasteiger partial charge in [-0.05, 0) is 42.7 Å². The molecule has 6 heteroatoms. The van der Waals surface area contributed by atoms with Crippen LogP contribution in [0.3, 0.4) is 0 Å². The average Bonchev–Trinajstić information content (AvgIpc) is 2.86. The Balaban J connectivity index is 2.24. The molecular formula is C15H24N2O2S2. The maximum atomic E-state index is 12.7. The van der Waals surface area contributed by atoms with Gasteiger partial charge in [0.1, 0.15) is 0 Å². The smallest absolute Gasteiger partial charge is 0.241 e. The van der Waals surface area contributed by atoms with Crippen molar-refractivity contribution in [2.24, 2.45) is 0 Å². The zero-order chi connectivity index (χ0) is 15.5. The zero-order valence-corrected chi connectivity index (χ0v) is 14.3. The summed E-state index contributed by atoms with van der Waals surface area (Å²) in [6.07, 6.45) is 3.76.